The van der Waals surface area contributed by atoms with E-state index in [1.54, 1.807) is 21.6 Å². The fraction of sp³-hybridized carbons (Fsp3) is 0.400. The summed E-state index contributed by atoms with van der Waals surface area (Å²) in [6.45, 7) is 6.21. The predicted molar refractivity (Wildman–Crippen MR) is 126 cm³/mol. The lowest BCUT2D eigenvalue weighted by Gasteiger charge is -2.28. The van der Waals surface area contributed by atoms with Crippen LogP contribution in [0.1, 0.15) is 24.5 Å². The fourth-order valence-electron chi connectivity index (χ4n) is 3.49. The van der Waals surface area contributed by atoms with Crippen molar-refractivity contribution in [1.82, 2.24) is 14.3 Å². The molecule has 0 atom stereocenters. The molecule has 2 fully saturated rings. The molecule has 4 heterocycles. The molecule has 0 aromatic carbocycles. The SMILES string of the molecule is CCCN1C(=O)/C(=C/c2c(N3CCSCC3)nc3c(C)cccn3c2=O)SC1=S. The summed E-state index contributed by atoms with van der Waals surface area (Å²) < 4.78 is 2.11. The van der Waals surface area contributed by atoms with Crippen molar-refractivity contribution < 1.29 is 4.79 Å². The summed E-state index contributed by atoms with van der Waals surface area (Å²) in [6, 6.07) is 3.79. The van der Waals surface area contributed by atoms with Gasteiger partial charge in [0.15, 0.2) is 0 Å². The van der Waals surface area contributed by atoms with Crippen molar-refractivity contribution in [3.63, 3.8) is 0 Å². The van der Waals surface area contributed by atoms with Crippen LogP contribution >= 0.6 is 35.7 Å². The van der Waals surface area contributed by atoms with Crippen LogP contribution in [-0.2, 0) is 4.79 Å². The van der Waals surface area contributed by atoms with Crippen LogP contribution in [0.5, 0.6) is 0 Å². The number of aromatic nitrogens is 2. The van der Waals surface area contributed by atoms with Crippen LogP contribution in [0.2, 0.25) is 0 Å². The number of amides is 1. The molecule has 0 spiro atoms. The van der Waals surface area contributed by atoms with Gasteiger partial charge in [0, 0.05) is 37.3 Å². The number of rotatable bonds is 4. The number of carbonyl (C=O) groups excluding carboxylic acids is 1. The van der Waals surface area contributed by atoms with E-state index in [1.807, 2.05) is 37.7 Å². The number of carbonyl (C=O) groups is 1. The lowest BCUT2D eigenvalue weighted by Crippen LogP contribution is -2.36. The summed E-state index contributed by atoms with van der Waals surface area (Å²) in [5, 5.41) is 0. The van der Waals surface area contributed by atoms with Gasteiger partial charge in [0.1, 0.15) is 15.8 Å². The van der Waals surface area contributed by atoms with Gasteiger partial charge < -0.3 is 4.90 Å². The molecule has 4 rings (SSSR count). The molecule has 9 heteroatoms. The van der Waals surface area contributed by atoms with E-state index in [9.17, 15) is 9.59 Å². The first kappa shape index (κ1) is 20.4. The van der Waals surface area contributed by atoms with Crippen LogP contribution in [0, 0.1) is 6.92 Å². The number of hydrogen-bond acceptors (Lipinski definition) is 7. The Bertz CT molecular complexity index is 1070. The highest BCUT2D eigenvalue weighted by molar-refractivity contribution is 8.26. The van der Waals surface area contributed by atoms with Crippen molar-refractivity contribution in [1.29, 1.82) is 0 Å². The van der Waals surface area contributed by atoms with Gasteiger partial charge in [-0.15, -0.1) is 0 Å². The molecule has 2 aliphatic heterocycles. The number of thioether (sulfide) groups is 2. The van der Waals surface area contributed by atoms with E-state index in [0.717, 1.165) is 36.6 Å². The van der Waals surface area contributed by atoms with Crippen LogP contribution in [0.15, 0.2) is 28.0 Å². The smallest absolute Gasteiger partial charge is 0.267 e. The van der Waals surface area contributed by atoms with Crippen LogP contribution in [0.25, 0.3) is 11.7 Å². The molecule has 0 unspecified atom stereocenters. The first-order valence-electron chi connectivity index (χ1n) is 9.61. The largest absolute Gasteiger partial charge is 0.354 e. The second-order valence-corrected chi connectivity index (χ2v) is 9.87. The summed E-state index contributed by atoms with van der Waals surface area (Å²) in [6.07, 6.45) is 4.25. The van der Waals surface area contributed by atoms with E-state index in [-0.39, 0.29) is 11.5 Å². The number of thiocarbonyl (C=S) groups is 1. The molecule has 1 amide bonds. The summed E-state index contributed by atoms with van der Waals surface area (Å²) in [4.78, 5) is 35.4. The molecule has 29 heavy (non-hydrogen) atoms. The molecule has 6 nitrogen and oxygen atoms in total. The Morgan fingerprint density at radius 3 is 2.76 bits per heavy atom. The van der Waals surface area contributed by atoms with Gasteiger partial charge in [-0.2, -0.15) is 11.8 Å². The minimum absolute atomic E-state index is 0.129. The fourth-order valence-corrected chi connectivity index (χ4v) is 5.68. The van der Waals surface area contributed by atoms with Crippen molar-refractivity contribution in [2.75, 3.05) is 36.0 Å². The average Bonchev–Trinajstić information content (AvgIpc) is 2.99. The van der Waals surface area contributed by atoms with E-state index < -0.39 is 0 Å². The minimum atomic E-state index is -0.160. The zero-order chi connectivity index (χ0) is 20.5. The third kappa shape index (κ3) is 3.83. The third-order valence-electron chi connectivity index (χ3n) is 4.97. The maximum Gasteiger partial charge on any atom is 0.267 e. The number of pyridine rings is 1. The molecule has 0 bridgehead atoms. The maximum atomic E-state index is 13.4. The Morgan fingerprint density at radius 2 is 2.03 bits per heavy atom. The van der Waals surface area contributed by atoms with Crippen LogP contribution in [-0.4, -0.2) is 55.7 Å². The van der Waals surface area contributed by atoms with Gasteiger partial charge in [-0.25, -0.2) is 4.98 Å². The molecule has 152 valence electrons. The van der Waals surface area contributed by atoms with E-state index >= 15 is 0 Å². The van der Waals surface area contributed by atoms with Crippen molar-refractivity contribution in [2.45, 2.75) is 20.3 Å². The number of hydrogen-bond donors (Lipinski definition) is 0. The number of fused-ring (bicyclic) bond motifs is 1. The molecule has 2 aromatic rings. The molecule has 0 N–H and O–H groups in total. The van der Waals surface area contributed by atoms with Crippen molar-refractivity contribution >= 4 is 63.5 Å². The van der Waals surface area contributed by atoms with Crippen LogP contribution in [0.3, 0.4) is 0 Å². The summed E-state index contributed by atoms with van der Waals surface area (Å²) in [7, 11) is 0. The van der Waals surface area contributed by atoms with Gasteiger partial charge in [0.25, 0.3) is 11.5 Å². The van der Waals surface area contributed by atoms with Gasteiger partial charge in [-0.3, -0.25) is 18.9 Å². The van der Waals surface area contributed by atoms with Gasteiger partial charge in [0.2, 0.25) is 0 Å². The normalized spacial score (nSPS) is 19.0. The predicted octanol–water partition coefficient (Wildman–Crippen LogP) is 3.17. The first-order valence-corrected chi connectivity index (χ1v) is 12.0. The third-order valence-corrected chi connectivity index (χ3v) is 7.29. The van der Waals surface area contributed by atoms with Crippen LogP contribution in [0.4, 0.5) is 5.82 Å². The van der Waals surface area contributed by atoms with E-state index in [2.05, 4.69) is 4.90 Å². The topological polar surface area (TPSA) is 57.9 Å². The van der Waals surface area contributed by atoms with Gasteiger partial charge in [-0.1, -0.05) is 37.0 Å². The van der Waals surface area contributed by atoms with E-state index in [4.69, 9.17) is 17.2 Å². The second-order valence-electron chi connectivity index (χ2n) is 6.97. The Hall–Kier alpha value is -1.84. The van der Waals surface area contributed by atoms with Gasteiger partial charge >= 0.3 is 0 Å². The summed E-state index contributed by atoms with van der Waals surface area (Å²) in [5.74, 6) is 2.51. The molecule has 0 aliphatic carbocycles. The van der Waals surface area contributed by atoms with Crippen molar-refractivity contribution in [3.05, 3.63) is 44.7 Å². The molecule has 2 aromatic heterocycles. The van der Waals surface area contributed by atoms with Gasteiger partial charge in [-0.05, 0) is 31.1 Å². The molecular weight excluding hydrogens is 424 g/mol. The van der Waals surface area contributed by atoms with Crippen molar-refractivity contribution in [3.8, 4) is 0 Å². The lowest BCUT2D eigenvalue weighted by molar-refractivity contribution is -0.122. The Morgan fingerprint density at radius 1 is 1.28 bits per heavy atom. The van der Waals surface area contributed by atoms with Crippen molar-refractivity contribution in [2.24, 2.45) is 0 Å². The Labute approximate surface area is 183 Å². The zero-order valence-corrected chi connectivity index (χ0v) is 18.8. The van der Waals surface area contributed by atoms with Gasteiger partial charge in [0.05, 0.1) is 10.5 Å². The second kappa shape index (κ2) is 8.49. The molecule has 0 radical (unpaired) electrons. The molecular formula is C20H22N4O2S3. The monoisotopic (exact) mass is 446 g/mol. The zero-order valence-electron chi connectivity index (χ0n) is 16.4. The standard InChI is InChI=1S/C20H22N4O2S3/c1-3-6-24-19(26)15(29-20(24)27)12-14-17(22-8-10-28-11-9-22)21-16-13(2)5-4-7-23(16)18(14)25/h4-5,7,12H,3,6,8-11H2,1-2H3/b15-12-. The van der Waals surface area contributed by atoms with Crippen LogP contribution < -0.4 is 10.5 Å². The molecule has 0 saturated carbocycles. The average molecular weight is 447 g/mol. The van der Waals surface area contributed by atoms with E-state index in [1.165, 1.54) is 11.8 Å². The highest BCUT2D eigenvalue weighted by Gasteiger charge is 2.32. The highest BCUT2D eigenvalue weighted by atomic mass is 32.2. The molecule has 2 aliphatic rings. The maximum absolute atomic E-state index is 13.4. The Balaban J connectivity index is 1.88. The quantitative estimate of drug-likeness (QED) is 0.528. The summed E-state index contributed by atoms with van der Waals surface area (Å²) in [5.41, 5.74) is 1.89. The Kier molecular flexibility index (Phi) is 5.98. The molecule has 2 saturated heterocycles. The minimum Gasteiger partial charge on any atom is -0.354 e. The lowest BCUT2D eigenvalue weighted by atomic mass is 10.2. The van der Waals surface area contributed by atoms with E-state index in [0.29, 0.717) is 32.8 Å². The number of nitrogens with zero attached hydrogens (tertiary/aromatic N) is 4. The first-order chi connectivity index (χ1) is 14.0. The highest BCUT2D eigenvalue weighted by Crippen LogP contribution is 2.34. The number of aryl methyl sites for hydroxylation is 1. The number of anilines is 1. The summed E-state index contributed by atoms with van der Waals surface area (Å²) >= 11 is 8.54.